The zero-order valence-corrected chi connectivity index (χ0v) is 41.7. The van der Waals surface area contributed by atoms with Crippen molar-refractivity contribution >= 4 is 40.5 Å². The molecule has 0 aliphatic carbocycles. The first-order valence-corrected chi connectivity index (χ1v) is 23.3. The molecule has 69 heavy (non-hydrogen) atoms. The molecule has 0 aliphatic rings. The van der Waals surface area contributed by atoms with Crippen LogP contribution in [0.15, 0.2) is 158 Å². The Hall–Kier alpha value is -7.07. The average molecular weight is 931 g/mol. The highest BCUT2D eigenvalue weighted by molar-refractivity contribution is 6.00. The summed E-state index contributed by atoms with van der Waals surface area (Å²) in [5.74, 6) is 1.91. The lowest BCUT2D eigenvalue weighted by Crippen LogP contribution is -2.25. The number of ether oxygens (including phenoxy) is 6. The van der Waals surface area contributed by atoms with E-state index in [1.807, 2.05) is 151 Å². The average Bonchev–Trinajstić information content (AvgIpc) is 3.36. The Labute approximate surface area is 408 Å². The van der Waals surface area contributed by atoms with Crippen LogP contribution in [0, 0.1) is 10.8 Å². The zero-order chi connectivity index (χ0) is 50.0. The Balaban J connectivity index is 0.000000258. The van der Waals surface area contributed by atoms with Gasteiger partial charge in [0.25, 0.3) is 0 Å². The molecule has 6 aromatic rings. The van der Waals surface area contributed by atoms with Gasteiger partial charge in [0.05, 0.1) is 10.8 Å². The maximum absolute atomic E-state index is 12.3. The Morgan fingerprint density at radius 3 is 1.06 bits per heavy atom. The summed E-state index contributed by atoms with van der Waals surface area (Å²) in [6.07, 6.45) is 2.00. The van der Waals surface area contributed by atoms with Gasteiger partial charge in [-0.25, -0.2) is 0 Å². The van der Waals surface area contributed by atoms with E-state index >= 15 is 0 Å². The Kier molecular flexibility index (Phi) is 19.4. The molecule has 9 nitrogen and oxygen atoms in total. The second-order valence-electron chi connectivity index (χ2n) is 18.2. The lowest BCUT2D eigenvalue weighted by atomic mass is 9.88. The molecule has 0 aliphatic heterocycles. The van der Waals surface area contributed by atoms with E-state index in [0.717, 1.165) is 63.8 Å². The molecule has 0 atom stereocenters. The van der Waals surface area contributed by atoms with Gasteiger partial charge >= 0.3 is 11.9 Å². The predicted molar refractivity (Wildman–Crippen MR) is 276 cm³/mol. The number of aldehydes is 1. The number of benzene rings is 6. The molecule has 6 aromatic carbocycles. The van der Waals surface area contributed by atoms with Crippen LogP contribution in [-0.4, -0.2) is 51.9 Å². The van der Waals surface area contributed by atoms with E-state index < -0.39 is 17.1 Å². The van der Waals surface area contributed by atoms with Gasteiger partial charge in [0.15, 0.2) is 12.6 Å². The third-order valence-corrected chi connectivity index (χ3v) is 11.0. The van der Waals surface area contributed by atoms with Crippen molar-refractivity contribution in [2.75, 3.05) is 27.4 Å². The van der Waals surface area contributed by atoms with Crippen molar-refractivity contribution in [2.24, 2.45) is 10.8 Å². The molecular formula is C60H66O9. The molecule has 0 heterocycles. The van der Waals surface area contributed by atoms with Crippen LogP contribution in [0.25, 0.3) is 22.3 Å². The number of allylic oxidation sites excluding steroid dienone is 2. The second kappa shape index (κ2) is 25.3. The fourth-order valence-electron chi connectivity index (χ4n) is 7.22. The van der Waals surface area contributed by atoms with Crippen LogP contribution in [0.1, 0.15) is 102 Å². The fraction of sp³-hybridized carbons (Fsp3) is 0.283. The highest BCUT2D eigenvalue weighted by atomic mass is 16.7. The summed E-state index contributed by atoms with van der Waals surface area (Å²) in [6.45, 7) is 15.7. The third-order valence-electron chi connectivity index (χ3n) is 11.0. The minimum Gasteiger partial charge on any atom is -0.488 e. The summed E-state index contributed by atoms with van der Waals surface area (Å²) < 4.78 is 32.8. The normalized spacial score (nSPS) is 12.2. The molecule has 360 valence electrons. The molecule has 0 saturated heterocycles. The quantitative estimate of drug-likeness (QED) is 0.0274. The first kappa shape index (κ1) is 52.9. The van der Waals surface area contributed by atoms with Gasteiger partial charge in [-0.1, -0.05) is 123 Å². The molecule has 0 spiro atoms. The number of hydrogen-bond donors (Lipinski definition) is 0. The van der Waals surface area contributed by atoms with E-state index in [1.54, 1.807) is 14.2 Å². The molecule has 0 saturated carbocycles. The smallest absolute Gasteiger partial charge is 0.316 e. The molecule has 0 unspecified atom stereocenters. The van der Waals surface area contributed by atoms with Crippen molar-refractivity contribution in [3.8, 4) is 23.0 Å². The summed E-state index contributed by atoms with van der Waals surface area (Å²) >= 11 is 0. The maximum atomic E-state index is 12.3. The SMILES string of the molecule is CC/C(=C(/c1ccc(OCC(OC)OC)cc1)c1ccc(OC(=O)C(C)(C)C)cc1)c1ccccc1.CC/C(=C(/c1ccc(OCC=O)cc1)c1ccc(OC(=O)C(C)(C)C)cc1)c1ccccc1. The van der Waals surface area contributed by atoms with Crippen LogP contribution in [0.4, 0.5) is 0 Å². The summed E-state index contributed by atoms with van der Waals surface area (Å²) in [4.78, 5) is 35.2. The van der Waals surface area contributed by atoms with Gasteiger partial charge in [0, 0.05) is 14.2 Å². The number of esters is 2. The molecule has 0 aromatic heterocycles. The highest BCUT2D eigenvalue weighted by Gasteiger charge is 2.25. The monoisotopic (exact) mass is 930 g/mol. The summed E-state index contributed by atoms with van der Waals surface area (Å²) in [6, 6.07) is 51.8. The molecular weight excluding hydrogens is 865 g/mol. The van der Waals surface area contributed by atoms with E-state index in [0.29, 0.717) is 23.9 Å². The van der Waals surface area contributed by atoms with Crippen LogP contribution in [0.2, 0.25) is 0 Å². The van der Waals surface area contributed by atoms with Crippen LogP contribution in [0.3, 0.4) is 0 Å². The number of carbonyl (C=O) groups is 3. The molecule has 9 heteroatoms. The number of carbonyl (C=O) groups excluding carboxylic acids is 3. The van der Waals surface area contributed by atoms with Gasteiger partial charge in [-0.05, 0) is 159 Å². The van der Waals surface area contributed by atoms with Crippen molar-refractivity contribution in [1.29, 1.82) is 0 Å². The summed E-state index contributed by atoms with van der Waals surface area (Å²) in [5.41, 5.74) is 10.00. The van der Waals surface area contributed by atoms with Crippen LogP contribution >= 0.6 is 0 Å². The summed E-state index contributed by atoms with van der Waals surface area (Å²) in [7, 11) is 3.17. The predicted octanol–water partition coefficient (Wildman–Crippen LogP) is 13.6. The van der Waals surface area contributed by atoms with Crippen molar-refractivity contribution in [2.45, 2.75) is 74.5 Å². The first-order chi connectivity index (χ1) is 33.1. The third kappa shape index (κ3) is 15.2. The minimum absolute atomic E-state index is 0.0288. The van der Waals surface area contributed by atoms with Crippen molar-refractivity contribution in [1.82, 2.24) is 0 Å². The van der Waals surface area contributed by atoms with Gasteiger partial charge in [0.2, 0.25) is 0 Å². The van der Waals surface area contributed by atoms with Gasteiger partial charge in [-0.3, -0.25) is 14.4 Å². The molecule has 0 radical (unpaired) electrons. The lowest BCUT2D eigenvalue weighted by Gasteiger charge is -2.19. The minimum atomic E-state index is -0.569. The van der Waals surface area contributed by atoms with Crippen molar-refractivity contribution in [3.63, 3.8) is 0 Å². The van der Waals surface area contributed by atoms with E-state index in [9.17, 15) is 14.4 Å². The molecule has 0 amide bonds. The van der Waals surface area contributed by atoms with Gasteiger partial charge in [-0.2, -0.15) is 0 Å². The van der Waals surface area contributed by atoms with Crippen molar-refractivity contribution in [3.05, 3.63) is 191 Å². The molecule has 0 fully saturated rings. The zero-order valence-electron chi connectivity index (χ0n) is 41.7. The first-order valence-electron chi connectivity index (χ1n) is 23.3. The molecule has 0 N–H and O–H groups in total. The van der Waals surface area contributed by atoms with Crippen LogP contribution in [-0.2, 0) is 23.9 Å². The molecule has 6 rings (SSSR count). The van der Waals surface area contributed by atoms with E-state index in [2.05, 4.69) is 62.4 Å². The Morgan fingerprint density at radius 1 is 0.449 bits per heavy atom. The second-order valence-corrected chi connectivity index (χ2v) is 18.2. The number of methoxy groups -OCH3 is 2. The Bertz CT molecular complexity index is 2610. The van der Waals surface area contributed by atoms with Gasteiger partial charge in [-0.15, -0.1) is 0 Å². The Morgan fingerprint density at radius 2 is 0.768 bits per heavy atom. The van der Waals surface area contributed by atoms with Gasteiger partial charge in [0.1, 0.15) is 36.2 Å². The highest BCUT2D eigenvalue weighted by Crippen LogP contribution is 2.38. The van der Waals surface area contributed by atoms with Crippen LogP contribution < -0.4 is 18.9 Å². The van der Waals surface area contributed by atoms with Crippen molar-refractivity contribution < 1.29 is 42.8 Å². The maximum Gasteiger partial charge on any atom is 0.316 e. The topological polar surface area (TPSA) is 107 Å². The lowest BCUT2D eigenvalue weighted by molar-refractivity contribution is -0.143. The fourth-order valence-corrected chi connectivity index (χ4v) is 7.22. The van der Waals surface area contributed by atoms with E-state index in [-0.39, 0.29) is 18.5 Å². The van der Waals surface area contributed by atoms with Gasteiger partial charge < -0.3 is 28.4 Å². The molecule has 0 bridgehead atoms. The largest absolute Gasteiger partial charge is 0.488 e. The number of hydrogen-bond acceptors (Lipinski definition) is 9. The van der Waals surface area contributed by atoms with E-state index in [1.165, 1.54) is 16.7 Å². The standard InChI is InChI=1S/C31H36O5.C29H30O4/c1-7-27(22-11-9-8-10-12-22)29(23-13-17-25(18-14-23)35-21-28(33-5)34-6)24-15-19-26(20-16-24)36-30(32)31(2,3)4;1-5-26(21-9-7-6-8-10-21)27(22-11-15-24(16-12-22)32-20-19-30)23-13-17-25(18-14-23)33-28(31)29(2,3)4/h8-20,28H,7,21H2,1-6H3;6-19H,5,20H2,1-4H3/b29-27+;27-26+. The number of rotatable bonds is 18. The van der Waals surface area contributed by atoms with E-state index in [4.69, 9.17) is 28.4 Å². The van der Waals surface area contributed by atoms with Crippen LogP contribution in [0.5, 0.6) is 23.0 Å². The summed E-state index contributed by atoms with van der Waals surface area (Å²) in [5, 5.41) is 0.